The Morgan fingerprint density at radius 2 is 2.10 bits per heavy atom. The highest BCUT2D eigenvalue weighted by Crippen LogP contribution is 2.36. The maximum absolute atomic E-state index is 5.28. The third kappa shape index (κ3) is 3.41. The summed E-state index contributed by atoms with van der Waals surface area (Å²) in [6, 6.07) is 10.2. The highest BCUT2D eigenvalue weighted by Gasteiger charge is 2.37. The fourth-order valence-corrected chi connectivity index (χ4v) is 3.51. The van der Waals surface area contributed by atoms with E-state index in [0.29, 0.717) is 12.1 Å². The van der Waals surface area contributed by atoms with Crippen molar-refractivity contribution in [3.63, 3.8) is 0 Å². The van der Waals surface area contributed by atoms with Crippen LogP contribution in [0.1, 0.15) is 31.7 Å². The van der Waals surface area contributed by atoms with Crippen LogP contribution >= 0.6 is 0 Å². The van der Waals surface area contributed by atoms with Crippen LogP contribution in [-0.4, -0.2) is 38.9 Å². The third-order valence-corrected chi connectivity index (χ3v) is 4.99. The molecule has 21 heavy (non-hydrogen) atoms. The number of nitrogens with one attached hydrogen (secondary N) is 1. The molecule has 1 heterocycles. The average Bonchev–Trinajstić information content (AvgIpc) is 3.37. The standard InChI is InChI=1S/C18H28N2O/c1-3-16-12-19-17(14-8-9-14)13-20(16)18-7-5-4-6-15(18)10-11-21-2/h4-7,14,16-17,19H,3,8-13H2,1-2H3. The Morgan fingerprint density at radius 1 is 1.29 bits per heavy atom. The van der Waals surface area contributed by atoms with Crippen molar-refractivity contribution in [2.75, 3.05) is 31.7 Å². The molecule has 2 aliphatic rings. The highest BCUT2D eigenvalue weighted by molar-refractivity contribution is 5.55. The first-order chi connectivity index (χ1) is 10.3. The van der Waals surface area contributed by atoms with E-state index in [0.717, 1.165) is 32.0 Å². The highest BCUT2D eigenvalue weighted by atomic mass is 16.5. The lowest BCUT2D eigenvalue weighted by atomic mass is 10.00. The van der Waals surface area contributed by atoms with Crippen molar-refractivity contribution in [2.24, 2.45) is 5.92 Å². The Labute approximate surface area is 128 Å². The van der Waals surface area contributed by atoms with Crippen LogP contribution in [0, 0.1) is 5.92 Å². The molecule has 0 bridgehead atoms. The van der Waals surface area contributed by atoms with Gasteiger partial charge < -0.3 is 15.0 Å². The van der Waals surface area contributed by atoms with E-state index in [2.05, 4.69) is 41.4 Å². The summed E-state index contributed by atoms with van der Waals surface area (Å²) in [4.78, 5) is 2.66. The maximum atomic E-state index is 5.28. The van der Waals surface area contributed by atoms with E-state index in [1.54, 1.807) is 7.11 Å². The number of piperazine rings is 1. The zero-order valence-corrected chi connectivity index (χ0v) is 13.3. The predicted molar refractivity (Wildman–Crippen MR) is 88.0 cm³/mol. The van der Waals surface area contributed by atoms with E-state index in [1.807, 2.05) is 0 Å². The molecule has 1 N–H and O–H groups in total. The van der Waals surface area contributed by atoms with Crippen LogP contribution in [0.3, 0.4) is 0 Å². The van der Waals surface area contributed by atoms with Crippen molar-refractivity contribution in [3.8, 4) is 0 Å². The molecule has 3 heteroatoms. The van der Waals surface area contributed by atoms with Gasteiger partial charge in [-0.1, -0.05) is 25.1 Å². The summed E-state index contributed by atoms with van der Waals surface area (Å²) in [5.41, 5.74) is 2.85. The van der Waals surface area contributed by atoms with Crippen LogP contribution < -0.4 is 10.2 Å². The number of methoxy groups -OCH3 is 1. The summed E-state index contributed by atoms with van der Waals surface area (Å²) in [6.07, 6.45) is 5.02. The molecule has 1 aromatic rings. The quantitative estimate of drug-likeness (QED) is 0.871. The molecule has 3 nitrogen and oxygen atoms in total. The van der Waals surface area contributed by atoms with Gasteiger partial charge >= 0.3 is 0 Å². The fourth-order valence-electron chi connectivity index (χ4n) is 3.51. The Morgan fingerprint density at radius 3 is 2.81 bits per heavy atom. The monoisotopic (exact) mass is 288 g/mol. The van der Waals surface area contributed by atoms with Crippen LogP contribution in [0.25, 0.3) is 0 Å². The van der Waals surface area contributed by atoms with Gasteiger partial charge in [-0.3, -0.25) is 0 Å². The summed E-state index contributed by atoms with van der Waals surface area (Å²) in [5, 5.41) is 3.78. The van der Waals surface area contributed by atoms with Gasteiger partial charge in [0.25, 0.3) is 0 Å². The van der Waals surface area contributed by atoms with E-state index in [4.69, 9.17) is 4.74 Å². The van der Waals surface area contributed by atoms with Gasteiger partial charge in [-0.2, -0.15) is 0 Å². The molecule has 116 valence electrons. The number of ether oxygens (including phenoxy) is 1. The molecule has 0 amide bonds. The van der Waals surface area contributed by atoms with Gasteiger partial charge in [-0.15, -0.1) is 0 Å². The van der Waals surface area contributed by atoms with Gasteiger partial charge in [0.15, 0.2) is 0 Å². The van der Waals surface area contributed by atoms with Crippen LogP contribution in [0.15, 0.2) is 24.3 Å². The first-order valence-corrected chi connectivity index (χ1v) is 8.40. The van der Waals surface area contributed by atoms with Crippen molar-refractivity contribution >= 4 is 5.69 Å². The van der Waals surface area contributed by atoms with Gasteiger partial charge in [0.2, 0.25) is 0 Å². The minimum absolute atomic E-state index is 0.615. The Hall–Kier alpha value is -1.06. The minimum Gasteiger partial charge on any atom is -0.384 e. The van der Waals surface area contributed by atoms with E-state index in [9.17, 15) is 0 Å². The van der Waals surface area contributed by atoms with E-state index >= 15 is 0 Å². The van der Waals surface area contributed by atoms with Crippen molar-refractivity contribution in [1.82, 2.24) is 5.32 Å². The summed E-state index contributed by atoms with van der Waals surface area (Å²) in [5.74, 6) is 0.913. The zero-order chi connectivity index (χ0) is 14.7. The summed E-state index contributed by atoms with van der Waals surface area (Å²) >= 11 is 0. The van der Waals surface area contributed by atoms with Gasteiger partial charge in [-0.05, 0) is 43.2 Å². The molecule has 1 saturated heterocycles. The molecule has 1 aliphatic heterocycles. The first kappa shape index (κ1) is 14.9. The minimum atomic E-state index is 0.615. The van der Waals surface area contributed by atoms with Crippen molar-refractivity contribution < 1.29 is 4.74 Å². The molecule has 3 rings (SSSR count). The number of para-hydroxylation sites is 1. The molecule has 0 aromatic heterocycles. The van der Waals surface area contributed by atoms with Gasteiger partial charge in [0.05, 0.1) is 6.61 Å². The SMILES string of the molecule is CCC1CNC(C2CC2)CN1c1ccccc1CCOC. The maximum Gasteiger partial charge on any atom is 0.0503 e. The topological polar surface area (TPSA) is 24.5 Å². The molecule has 1 aromatic carbocycles. The van der Waals surface area contributed by atoms with Crippen LogP contribution in [0.2, 0.25) is 0 Å². The Kier molecular flexibility index (Phi) is 4.81. The second-order valence-corrected chi connectivity index (χ2v) is 6.44. The number of rotatable bonds is 6. The largest absolute Gasteiger partial charge is 0.384 e. The van der Waals surface area contributed by atoms with Gasteiger partial charge in [0, 0.05) is 38.0 Å². The van der Waals surface area contributed by atoms with Crippen molar-refractivity contribution in [3.05, 3.63) is 29.8 Å². The molecule has 2 unspecified atom stereocenters. The lowest BCUT2D eigenvalue weighted by Crippen LogP contribution is -2.57. The van der Waals surface area contributed by atoms with Crippen molar-refractivity contribution in [1.29, 1.82) is 0 Å². The lowest BCUT2D eigenvalue weighted by Gasteiger charge is -2.43. The number of nitrogens with zero attached hydrogens (tertiary/aromatic N) is 1. The fraction of sp³-hybridized carbons (Fsp3) is 0.667. The zero-order valence-electron chi connectivity index (χ0n) is 13.3. The van der Waals surface area contributed by atoms with Gasteiger partial charge in [0.1, 0.15) is 0 Å². The number of hydrogen-bond donors (Lipinski definition) is 1. The predicted octanol–water partition coefficient (Wildman–Crippen LogP) is 2.84. The second kappa shape index (κ2) is 6.80. The lowest BCUT2D eigenvalue weighted by molar-refractivity contribution is 0.202. The molecule has 2 atom stereocenters. The molecule has 0 spiro atoms. The summed E-state index contributed by atoms with van der Waals surface area (Å²) in [7, 11) is 1.78. The van der Waals surface area contributed by atoms with E-state index in [1.165, 1.54) is 30.5 Å². The molecule has 2 fully saturated rings. The second-order valence-electron chi connectivity index (χ2n) is 6.44. The summed E-state index contributed by atoms with van der Waals surface area (Å²) < 4.78 is 5.28. The Balaban J connectivity index is 1.80. The molecular weight excluding hydrogens is 260 g/mol. The van der Waals surface area contributed by atoms with Gasteiger partial charge in [-0.25, -0.2) is 0 Å². The average molecular weight is 288 g/mol. The number of anilines is 1. The van der Waals surface area contributed by atoms with Crippen LogP contribution in [0.5, 0.6) is 0 Å². The van der Waals surface area contributed by atoms with Crippen LogP contribution in [-0.2, 0) is 11.2 Å². The van der Waals surface area contributed by atoms with E-state index in [-0.39, 0.29) is 0 Å². The van der Waals surface area contributed by atoms with Crippen molar-refractivity contribution in [2.45, 2.75) is 44.7 Å². The number of hydrogen-bond acceptors (Lipinski definition) is 3. The molecular formula is C18H28N2O. The van der Waals surface area contributed by atoms with E-state index < -0.39 is 0 Å². The molecule has 1 aliphatic carbocycles. The van der Waals surface area contributed by atoms with Crippen LogP contribution in [0.4, 0.5) is 5.69 Å². The Bertz CT molecular complexity index is 458. The smallest absolute Gasteiger partial charge is 0.0503 e. The summed E-state index contributed by atoms with van der Waals surface area (Å²) in [6.45, 7) is 5.38. The number of benzene rings is 1. The molecule has 0 radical (unpaired) electrons. The molecule has 1 saturated carbocycles. The first-order valence-electron chi connectivity index (χ1n) is 8.40. The normalized spacial score (nSPS) is 26.1. The third-order valence-electron chi connectivity index (χ3n) is 4.99.